The van der Waals surface area contributed by atoms with Crippen LogP contribution in [0.3, 0.4) is 0 Å². The Morgan fingerprint density at radius 1 is 1.15 bits per heavy atom. The number of hydrogen-bond acceptors (Lipinski definition) is 4. The van der Waals surface area contributed by atoms with Crippen LogP contribution in [0.2, 0.25) is 0 Å². The molecule has 26 heavy (non-hydrogen) atoms. The maximum Gasteiger partial charge on any atom is 0.233 e. The first-order chi connectivity index (χ1) is 12.7. The van der Waals surface area contributed by atoms with Crippen molar-refractivity contribution in [3.63, 3.8) is 0 Å². The highest BCUT2D eigenvalue weighted by Crippen LogP contribution is 2.28. The molecule has 1 aliphatic rings. The molecule has 5 heteroatoms. The number of fused-ring (bicyclic) bond motifs is 1. The van der Waals surface area contributed by atoms with Crippen molar-refractivity contribution in [2.24, 2.45) is 5.73 Å². The average Bonchev–Trinajstić information content (AvgIpc) is 3.29. The minimum atomic E-state index is -0.140. The second-order valence-corrected chi connectivity index (χ2v) is 7.46. The lowest BCUT2D eigenvalue weighted by Crippen LogP contribution is -2.30. The Kier molecular flexibility index (Phi) is 4.82. The van der Waals surface area contributed by atoms with Gasteiger partial charge in [-0.25, -0.2) is 4.98 Å². The van der Waals surface area contributed by atoms with E-state index in [0.717, 1.165) is 35.8 Å². The third kappa shape index (κ3) is 3.54. The summed E-state index contributed by atoms with van der Waals surface area (Å²) in [4.78, 5) is 19.2. The van der Waals surface area contributed by atoms with Gasteiger partial charge in [-0.2, -0.15) is 0 Å². The Bertz CT molecular complexity index is 906. The maximum absolute atomic E-state index is 12.7. The Hall–Kier alpha value is -2.50. The van der Waals surface area contributed by atoms with Crippen LogP contribution < -0.4 is 10.6 Å². The minimum Gasteiger partial charge on any atom is -0.322 e. The van der Waals surface area contributed by atoms with Gasteiger partial charge < -0.3 is 10.6 Å². The number of benzene rings is 2. The van der Waals surface area contributed by atoms with Crippen LogP contribution >= 0.6 is 11.3 Å². The first-order valence-electron chi connectivity index (χ1n) is 8.83. The van der Waals surface area contributed by atoms with Crippen molar-refractivity contribution < 1.29 is 4.79 Å². The summed E-state index contributed by atoms with van der Waals surface area (Å²) < 4.78 is 0. The number of carbonyl (C=O) groups is 1. The quantitative estimate of drug-likeness (QED) is 0.754. The number of nitrogens with zero attached hydrogens (tertiary/aromatic N) is 2. The van der Waals surface area contributed by atoms with E-state index >= 15 is 0 Å². The summed E-state index contributed by atoms with van der Waals surface area (Å²) in [6, 6.07) is 18.1. The first kappa shape index (κ1) is 16.9. The monoisotopic (exact) mass is 363 g/mol. The standard InChI is InChI=1S/C21H21N3OS/c22-18(12-15-6-2-1-3-7-15)21-23-17(14-26-21)13-20(25)24-11-10-16-8-4-5-9-19(16)24/h1-9,14,18H,10-13,22H2. The molecule has 4 nitrogen and oxygen atoms in total. The zero-order valence-corrected chi connectivity index (χ0v) is 15.3. The van der Waals surface area contributed by atoms with Crippen molar-refractivity contribution in [1.29, 1.82) is 0 Å². The number of nitrogens with two attached hydrogens (primary N) is 1. The zero-order valence-electron chi connectivity index (χ0n) is 14.5. The highest BCUT2D eigenvalue weighted by Gasteiger charge is 2.25. The van der Waals surface area contributed by atoms with Gasteiger partial charge in [0.25, 0.3) is 0 Å². The molecule has 1 amide bonds. The van der Waals surface area contributed by atoms with E-state index in [1.54, 1.807) is 11.3 Å². The van der Waals surface area contributed by atoms with Gasteiger partial charge in [-0.3, -0.25) is 4.79 Å². The molecule has 2 aromatic carbocycles. The van der Waals surface area contributed by atoms with Crippen molar-refractivity contribution in [1.82, 2.24) is 4.98 Å². The topological polar surface area (TPSA) is 59.2 Å². The number of carbonyl (C=O) groups excluding carboxylic acids is 1. The molecule has 2 N–H and O–H groups in total. The second-order valence-electron chi connectivity index (χ2n) is 6.57. The molecule has 0 radical (unpaired) electrons. The Morgan fingerprint density at radius 3 is 2.77 bits per heavy atom. The van der Waals surface area contributed by atoms with Crippen LogP contribution in [0.25, 0.3) is 0 Å². The van der Waals surface area contributed by atoms with Crippen molar-refractivity contribution in [3.8, 4) is 0 Å². The van der Waals surface area contributed by atoms with Gasteiger partial charge >= 0.3 is 0 Å². The smallest absolute Gasteiger partial charge is 0.233 e. The molecule has 0 fully saturated rings. The molecule has 0 saturated heterocycles. The highest BCUT2D eigenvalue weighted by molar-refractivity contribution is 7.09. The summed E-state index contributed by atoms with van der Waals surface area (Å²) in [6.07, 6.45) is 2.00. The van der Waals surface area contributed by atoms with Gasteiger partial charge in [0.1, 0.15) is 5.01 Å². The van der Waals surface area contributed by atoms with E-state index in [0.29, 0.717) is 6.42 Å². The third-order valence-corrected chi connectivity index (χ3v) is 5.73. The van der Waals surface area contributed by atoms with Gasteiger partial charge in [0.05, 0.1) is 18.2 Å². The van der Waals surface area contributed by atoms with Gasteiger partial charge in [-0.15, -0.1) is 11.3 Å². The lowest BCUT2D eigenvalue weighted by Gasteiger charge is -2.16. The maximum atomic E-state index is 12.7. The molecular weight excluding hydrogens is 342 g/mol. The van der Waals surface area contributed by atoms with E-state index in [4.69, 9.17) is 5.73 Å². The van der Waals surface area contributed by atoms with Crippen molar-refractivity contribution in [3.05, 3.63) is 81.8 Å². The predicted octanol–water partition coefficient (Wildman–Crippen LogP) is 3.52. The lowest BCUT2D eigenvalue weighted by molar-refractivity contribution is -0.117. The van der Waals surface area contributed by atoms with Crippen LogP contribution in [0.4, 0.5) is 5.69 Å². The van der Waals surface area contributed by atoms with E-state index in [1.165, 1.54) is 11.1 Å². The molecule has 0 aliphatic carbocycles. The van der Waals surface area contributed by atoms with Crippen molar-refractivity contribution in [2.75, 3.05) is 11.4 Å². The zero-order chi connectivity index (χ0) is 17.9. The predicted molar refractivity (Wildman–Crippen MR) is 105 cm³/mol. The van der Waals surface area contributed by atoms with Gasteiger partial charge in [0.15, 0.2) is 0 Å². The fourth-order valence-electron chi connectivity index (χ4n) is 3.38. The average molecular weight is 363 g/mol. The molecule has 2 heterocycles. The molecule has 4 rings (SSSR count). The van der Waals surface area contributed by atoms with E-state index in [9.17, 15) is 4.79 Å². The third-order valence-electron chi connectivity index (χ3n) is 4.71. The van der Waals surface area contributed by atoms with Crippen LogP contribution in [0.1, 0.15) is 27.9 Å². The number of aromatic nitrogens is 1. The number of thiazole rings is 1. The largest absolute Gasteiger partial charge is 0.322 e. The summed E-state index contributed by atoms with van der Waals surface area (Å²) in [5.41, 5.74) is 10.6. The molecule has 1 aliphatic heterocycles. The summed E-state index contributed by atoms with van der Waals surface area (Å²) in [5, 5.41) is 2.85. The highest BCUT2D eigenvalue weighted by atomic mass is 32.1. The number of amides is 1. The van der Waals surface area contributed by atoms with Crippen LogP contribution in [-0.4, -0.2) is 17.4 Å². The number of para-hydroxylation sites is 1. The minimum absolute atomic E-state index is 0.100. The van der Waals surface area contributed by atoms with Crippen LogP contribution in [0, 0.1) is 0 Å². The molecule has 3 aromatic rings. The normalized spacial score (nSPS) is 14.3. The number of hydrogen-bond donors (Lipinski definition) is 1. The van der Waals surface area contributed by atoms with E-state index in [-0.39, 0.29) is 11.9 Å². The Labute approximate surface area is 157 Å². The Balaban J connectivity index is 1.41. The Morgan fingerprint density at radius 2 is 1.92 bits per heavy atom. The van der Waals surface area contributed by atoms with Gasteiger partial charge in [0, 0.05) is 17.6 Å². The summed E-state index contributed by atoms with van der Waals surface area (Å²) in [5.74, 6) is 0.100. The van der Waals surface area contributed by atoms with Crippen molar-refractivity contribution in [2.45, 2.75) is 25.3 Å². The van der Waals surface area contributed by atoms with Crippen LogP contribution in [-0.2, 0) is 24.1 Å². The van der Waals surface area contributed by atoms with E-state index in [1.807, 2.05) is 46.7 Å². The van der Waals surface area contributed by atoms with Gasteiger partial charge in [-0.1, -0.05) is 48.5 Å². The SMILES string of the molecule is NC(Cc1ccccc1)c1nc(CC(=O)N2CCc3ccccc32)cs1. The molecule has 0 spiro atoms. The molecule has 1 unspecified atom stereocenters. The van der Waals surface area contributed by atoms with Crippen molar-refractivity contribution >= 4 is 22.9 Å². The van der Waals surface area contributed by atoms with Crippen LogP contribution in [0.5, 0.6) is 0 Å². The summed E-state index contributed by atoms with van der Waals surface area (Å²) >= 11 is 1.54. The van der Waals surface area contributed by atoms with E-state index in [2.05, 4.69) is 23.2 Å². The van der Waals surface area contributed by atoms with Gasteiger partial charge in [0.2, 0.25) is 5.91 Å². The fraction of sp³-hybridized carbons (Fsp3) is 0.238. The molecule has 1 atom stereocenters. The summed E-state index contributed by atoms with van der Waals surface area (Å²) in [6.45, 7) is 0.753. The van der Waals surface area contributed by atoms with E-state index < -0.39 is 0 Å². The molecule has 132 valence electrons. The molecule has 0 saturated carbocycles. The lowest BCUT2D eigenvalue weighted by atomic mass is 10.1. The van der Waals surface area contributed by atoms with Crippen LogP contribution in [0.15, 0.2) is 60.0 Å². The first-order valence-corrected chi connectivity index (χ1v) is 9.71. The second kappa shape index (κ2) is 7.40. The number of anilines is 1. The molecule has 1 aromatic heterocycles. The fourth-order valence-corrected chi connectivity index (χ4v) is 4.20. The summed E-state index contributed by atoms with van der Waals surface area (Å²) in [7, 11) is 0. The number of rotatable bonds is 5. The molecular formula is C21H21N3OS. The van der Waals surface area contributed by atoms with Gasteiger partial charge in [-0.05, 0) is 30.0 Å². The molecule has 0 bridgehead atoms.